The highest BCUT2D eigenvalue weighted by Gasteiger charge is 2.09. The van der Waals surface area contributed by atoms with E-state index in [1.807, 2.05) is 12.1 Å². The number of carbonyl (C=O) groups excluding carboxylic acids is 2. The number of primary amides is 1. The van der Waals surface area contributed by atoms with Gasteiger partial charge in [-0.15, -0.1) is 0 Å². The zero-order valence-electron chi connectivity index (χ0n) is 13.8. The molecule has 0 fully saturated rings. The predicted octanol–water partition coefficient (Wildman–Crippen LogP) is 2.72. The molecule has 0 saturated carbocycles. The van der Waals surface area contributed by atoms with E-state index in [1.54, 1.807) is 42.7 Å². The number of fused-ring (bicyclic) bond motifs is 1. The molecule has 0 aliphatic heterocycles. The van der Waals surface area contributed by atoms with Crippen LogP contribution in [0.25, 0.3) is 10.8 Å². The molecule has 1 aromatic heterocycles. The van der Waals surface area contributed by atoms with Crippen molar-refractivity contribution in [2.24, 2.45) is 5.73 Å². The van der Waals surface area contributed by atoms with Gasteiger partial charge in [0.15, 0.2) is 0 Å². The van der Waals surface area contributed by atoms with Crippen LogP contribution >= 0.6 is 11.6 Å². The van der Waals surface area contributed by atoms with Crippen LogP contribution in [0.4, 0.5) is 5.69 Å². The molecule has 132 valence electrons. The second-order valence-electron chi connectivity index (χ2n) is 5.74. The van der Waals surface area contributed by atoms with Gasteiger partial charge in [-0.05, 0) is 29.8 Å². The van der Waals surface area contributed by atoms with Gasteiger partial charge in [0.25, 0.3) is 0 Å². The summed E-state index contributed by atoms with van der Waals surface area (Å²) in [6, 6.07) is 12.4. The van der Waals surface area contributed by atoms with Crippen molar-refractivity contribution in [2.45, 2.75) is 6.54 Å². The molecule has 0 aliphatic rings. The van der Waals surface area contributed by atoms with E-state index in [0.29, 0.717) is 22.8 Å². The van der Waals surface area contributed by atoms with Crippen molar-refractivity contribution in [1.82, 2.24) is 10.3 Å². The van der Waals surface area contributed by atoms with Crippen molar-refractivity contribution in [3.63, 3.8) is 0 Å². The number of hydrogen-bond donors (Lipinski definition) is 3. The molecule has 2 aromatic carbocycles. The van der Waals surface area contributed by atoms with Crippen LogP contribution in [0.1, 0.15) is 15.9 Å². The lowest BCUT2D eigenvalue weighted by atomic mass is 10.1. The standard InChI is InChI=1S/C19H17ClN4O2/c20-18-15-6-7-22-10-14(15)4-5-16(18)24-17(25)11-23-9-12-2-1-3-13(8-12)19(21)26/h1-8,10,23H,9,11H2,(H2,21,26)(H,24,25). The third-order valence-corrected chi connectivity index (χ3v) is 4.26. The first-order valence-electron chi connectivity index (χ1n) is 7.96. The Morgan fingerprint density at radius 1 is 1.15 bits per heavy atom. The van der Waals surface area contributed by atoms with Gasteiger partial charge in [-0.25, -0.2) is 0 Å². The summed E-state index contributed by atoms with van der Waals surface area (Å²) < 4.78 is 0. The third-order valence-electron chi connectivity index (χ3n) is 3.85. The highest BCUT2D eigenvalue weighted by molar-refractivity contribution is 6.38. The highest BCUT2D eigenvalue weighted by Crippen LogP contribution is 2.30. The minimum atomic E-state index is -0.481. The minimum absolute atomic E-state index is 0.103. The molecule has 0 bridgehead atoms. The molecular weight excluding hydrogens is 352 g/mol. The summed E-state index contributed by atoms with van der Waals surface area (Å²) in [6.07, 6.45) is 3.37. The summed E-state index contributed by atoms with van der Waals surface area (Å²) in [4.78, 5) is 27.4. The summed E-state index contributed by atoms with van der Waals surface area (Å²) >= 11 is 6.36. The molecule has 0 spiro atoms. The maximum Gasteiger partial charge on any atom is 0.248 e. The molecule has 3 aromatic rings. The molecule has 26 heavy (non-hydrogen) atoms. The van der Waals surface area contributed by atoms with Gasteiger partial charge >= 0.3 is 0 Å². The number of nitrogens with one attached hydrogen (secondary N) is 2. The molecule has 7 heteroatoms. The smallest absolute Gasteiger partial charge is 0.248 e. The first-order valence-corrected chi connectivity index (χ1v) is 8.34. The fourth-order valence-electron chi connectivity index (χ4n) is 2.58. The Morgan fingerprint density at radius 2 is 2.00 bits per heavy atom. The number of pyridine rings is 1. The van der Waals surface area contributed by atoms with Gasteiger partial charge in [0.05, 0.1) is 17.3 Å². The third kappa shape index (κ3) is 4.17. The summed E-state index contributed by atoms with van der Waals surface area (Å²) in [5.41, 5.74) is 7.11. The Morgan fingerprint density at radius 3 is 2.81 bits per heavy atom. The average molecular weight is 369 g/mol. The van der Waals surface area contributed by atoms with Gasteiger partial charge in [0.2, 0.25) is 11.8 Å². The molecule has 6 nitrogen and oxygen atoms in total. The van der Waals surface area contributed by atoms with Gasteiger partial charge in [-0.3, -0.25) is 14.6 Å². The van der Waals surface area contributed by atoms with Crippen molar-refractivity contribution >= 4 is 39.9 Å². The van der Waals surface area contributed by atoms with Gasteiger partial charge in [-0.2, -0.15) is 0 Å². The Bertz CT molecular complexity index is 975. The molecule has 0 radical (unpaired) electrons. The first kappa shape index (κ1) is 17.8. The average Bonchev–Trinajstić information content (AvgIpc) is 2.64. The van der Waals surface area contributed by atoms with E-state index in [1.165, 1.54) is 0 Å². The number of amides is 2. The fourth-order valence-corrected chi connectivity index (χ4v) is 2.86. The van der Waals surface area contributed by atoms with Crippen molar-refractivity contribution in [1.29, 1.82) is 0 Å². The van der Waals surface area contributed by atoms with Gasteiger partial charge in [-0.1, -0.05) is 29.8 Å². The van der Waals surface area contributed by atoms with Crippen molar-refractivity contribution < 1.29 is 9.59 Å². The molecular formula is C19H17ClN4O2. The number of halogens is 1. The van der Waals surface area contributed by atoms with E-state index in [4.69, 9.17) is 17.3 Å². The molecule has 4 N–H and O–H groups in total. The number of anilines is 1. The SMILES string of the molecule is NC(=O)c1cccc(CNCC(=O)Nc2ccc3cnccc3c2Cl)c1. The molecule has 0 aliphatic carbocycles. The van der Waals surface area contributed by atoms with Gasteiger partial charge in [0.1, 0.15) is 0 Å². The second-order valence-corrected chi connectivity index (χ2v) is 6.12. The van der Waals surface area contributed by atoms with Crippen LogP contribution in [0.2, 0.25) is 5.02 Å². The van der Waals surface area contributed by atoms with E-state index in [9.17, 15) is 9.59 Å². The maximum absolute atomic E-state index is 12.1. The second kappa shape index (κ2) is 7.95. The molecule has 1 heterocycles. The molecule has 3 rings (SSSR count). The van der Waals surface area contributed by atoms with Crippen LogP contribution in [-0.2, 0) is 11.3 Å². The van der Waals surface area contributed by atoms with E-state index in [0.717, 1.165) is 16.3 Å². The Kier molecular flexibility index (Phi) is 5.46. The first-order chi connectivity index (χ1) is 12.5. The lowest BCUT2D eigenvalue weighted by Gasteiger charge is -2.10. The Balaban J connectivity index is 1.59. The summed E-state index contributed by atoms with van der Waals surface area (Å²) in [5.74, 6) is -0.697. The van der Waals surface area contributed by atoms with Crippen molar-refractivity contribution in [3.8, 4) is 0 Å². The quantitative estimate of drug-likeness (QED) is 0.623. The van der Waals surface area contributed by atoms with E-state index >= 15 is 0 Å². The van der Waals surface area contributed by atoms with Crippen LogP contribution in [0.3, 0.4) is 0 Å². The van der Waals surface area contributed by atoms with Crippen LogP contribution in [0.15, 0.2) is 54.9 Å². The highest BCUT2D eigenvalue weighted by atomic mass is 35.5. The monoisotopic (exact) mass is 368 g/mol. The van der Waals surface area contributed by atoms with Crippen LogP contribution in [0, 0.1) is 0 Å². The largest absolute Gasteiger partial charge is 0.366 e. The van der Waals surface area contributed by atoms with E-state index in [-0.39, 0.29) is 12.5 Å². The fraction of sp³-hybridized carbons (Fsp3) is 0.105. The number of rotatable bonds is 6. The zero-order valence-corrected chi connectivity index (χ0v) is 14.6. The maximum atomic E-state index is 12.1. The topological polar surface area (TPSA) is 97.1 Å². The molecule has 2 amide bonds. The van der Waals surface area contributed by atoms with Crippen molar-refractivity contribution in [3.05, 3.63) is 71.0 Å². The van der Waals surface area contributed by atoms with Gasteiger partial charge in [0, 0.05) is 35.3 Å². The summed E-state index contributed by atoms with van der Waals surface area (Å²) in [7, 11) is 0. The molecule has 0 unspecified atom stereocenters. The number of hydrogen-bond acceptors (Lipinski definition) is 4. The van der Waals surface area contributed by atoms with E-state index in [2.05, 4.69) is 15.6 Å². The lowest BCUT2D eigenvalue weighted by Crippen LogP contribution is -2.28. The molecule has 0 atom stereocenters. The normalized spacial score (nSPS) is 10.7. The Labute approximate surface area is 155 Å². The predicted molar refractivity (Wildman–Crippen MR) is 102 cm³/mol. The van der Waals surface area contributed by atoms with Crippen LogP contribution < -0.4 is 16.4 Å². The molecule has 0 saturated heterocycles. The number of carbonyl (C=O) groups is 2. The summed E-state index contributed by atoms with van der Waals surface area (Å²) in [5, 5.41) is 8.03. The van der Waals surface area contributed by atoms with Crippen LogP contribution in [-0.4, -0.2) is 23.3 Å². The number of aromatic nitrogens is 1. The number of benzene rings is 2. The lowest BCUT2D eigenvalue weighted by molar-refractivity contribution is -0.115. The van der Waals surface area contributed by atoms with E-state index < -0.39 is 5.91 Å². The minimum Gasteiger partial charge on any atom is -0.366 e. The van der Waals surface area contributed by atoms with Crippen molar-refractivity contribution in [2.75, 3.05) is 11.9 Å². The number of nitrogens with two attached hydrogens (primary N) is 1. The zero-order chi connectivity index (χ0) is 18.5. The summed E-state index contributed by atoms with van der Waals surface area (Å²) in [6.45, 7) is 0.539. The number of nitrogens with zero attached hydrogens (tertiary/aromatic N) is 1. The Hall–Kier alpha value is -2.96. The van der Waals surface area contributed by atoms with Crippen LogP contribution in [0.5, 0.6) is 0 Å². The van der Waals surface area contributed by atoms with Gasteiger partial charge < -0.3 is 16.4 Å².